The summed E-state index contributed by atoms with van der Waals surface area (Å²) in [4.78, 5) is 28.7. The van der Waals surface area contributed by atoms with Crippen LogP contribution in [0.1, 0.15) is 6.42 Å². The summed E-state index contributed by atoms with van der Waals surface area (Å²) < 4.78 is 0. The number of nitrogens with zero attached hydrogens (tertiary/aromatic N) is 4. The van der Waals surface area contributed by atoms with Crippen LogP contribution in [-0.2, 0) is 4.79 Å². The number of likely N-dealkylation sites (N-methyl/N-ethyl adjacent to an activating group) is 2. The lowest BCUT2D eigenvalue weighted by molar-refractivity contribution is -0.384. The molecule has 0 aliphatic carbocycles. The Morgan fingerprint density at radius 1 is 1.39 bits per heavy atom. The van der Waals surface area contributed by atoms with Gasteiger partial charge in [-0.3, -0.25) is 14.9 Å². The number of hydrogen-bond donors (Lipinski definition) is 0. The van der Waals surface area contributed by atoms with E-state index in [-0.39, 0.29) is 18.1 Å². The molecule has 0 N–H and O–H groups in total. The molecule has 1 saturated heterocycles. The van der Waals surface area contributed by atoms with Crippen LogP contribution in [0.4, 0.5) is 11.4 Å². The second-order valence-corrected chi connectivity index (χ2v) is 6.29. The lowest BCUT2D eigenvalue weighted by Crippen LogP contribution is -2.39. The first-order valence-corrected chi connectivity index (χ1v) is 7.75. The van der Waals surface area contributed by atoms with Gasteiger partial charge in [-0.15, -0.1) is 0 Å². The number of hydrogen-bond acceptors (Lipinski definition) is 5. The molecular formula is C16H24N4O3. The van der Waals surface area contributed by atoms with Crippen molar-refractivity contribution in [2.75, 3.05) is 52.2 Å². The monoisotopic (exact) mass is 320 g/mol. The highest BCUT2D eigenvalue weighted by atomic mass is 16.6. The van der Waals surface area contributed by atoms with Crippen molar-refractivity contribution in [2.24, 2.45) is 5.92 Å². The minimum absolute atomic E-state index is 0.0165. The molecule has 1 aliphatic rings. The van der Waals surface area contributed by atoms with Crippen LogP contribution in [0.2, 0.25) is 0 Å². The molecular weight excluding hydrogens is 296 g/mol. The van der Waals surface area contributed by atoms with Gasteiger partial charge in [-0.1, -0.05) is 12.1 Å². The fraction of sp³-hybridized carbons (Fsp3) is 0.562. The first-order chi connectivity index (χ1) is 10.9. The maximum absolute atomic E-state index is 12.4. The zero-order valence-corrected chi connectivity index (χ0v) is 13.9. The predicted octanol–water partition coefficient (Wildman–Crippen LogP) is 1.44. The summed E-state index contributed by atoms with van der Waals surface area (Å²) in [5, 5.41) is 11.1. The van der Waals surface area contributed by atoms with E-state index in [0.29, 0.717) is 11.6 Å². The van der Waals surface area contributed by atoms with Gasteiger partial charge in [0.1, 0.15) is 5.69 Å². The Kier molecular flexibility index (Phi) is 5.54. The highest BCUT2D eigenvalue weighted by molar-refractivity contribution is 5.82. The molecule has 1 amide bonds. The van der Waals surface area contributed by atoms with Gasteiger partial charge in [-0.25, -0.2) is 0 Å². The van der Waals surface area contributed by atoms with E-state index in [4.69, 9.17) is 0 Å². The highest BCUT2D eigenvalue weighted by Gasteiger charge is 2.24. The Hall–Kier alpha value is -2.15. The number of benzene rings is 1. The fourth-order valence-electron chi connectivity index (χ4n) is 3.01. The number of likely N-dealkylation sites (tertiary alicyclic amines) is 1. The van der Waals surface area contributed by atoms with Gasteiger partial charge in [0.05, 0.1) is 11.5 Å². The minimum atomic E-state index is -0.422. The number of anilines is 1. The molecule has 0 unspecified atom stereocenters. The summed E-state index contributed by atoms with van der Waals surface area (Å²) in [6.45, 7) is 2.94. The molecule has 0 saturated carbocycles. The number of para-hydroxylation sites is 2. The van der Waals surface area contributed by atoms with Crippen molar-refractivity contribution in [2.45, 2.75) is 6.42 Å². The normalized spacial score (nSPS) is 18.0. The lowest BCUT2D eigenvalue weighted by Gasteiger charge is -2.25. The van der Waals surface area contributed by atoms with E-state index in [1.165, 1.54) is 6.07 Å². The molecule has 2 rings (SSSR count). The van der Waals surface area contributed by atoms with Gasteiger partial charge in [-0.2, -0.15) is 0 Å². The number of amides is 1. The molecule has 1 aliphatic heterocycles. The van der Waals surface area contributed by atoms with Gasteiger partial charge < -0.3 is 14.7 Å². The molecule has 7 nitrogen and oxygen atoms in total. The Labute approximate surface area is 136 Å². The van der Waals surface area contributed by atoms with Crippen molar-refractivity contribution < 1.29 is 9.72 Å². The molecule has 0 radical (unpaired) electrons. The van der Waals surface area contributed by atoms with Crippen LogP contribution < -0.4 is 4.90 Å². The van der Waals surface area contributed by atoms with Gasteiger partial charge in [0.15, 0.2) is 0 Å². The predicted molar refractivity (Wildman–Crippen MR) is 89.6 cm³/mol. The third-order valence-corrected chi connectivity index (χ3v) is 4.31. The van der Waals surface area contributed by atoms with Crippen molar-refractivity contribution in [1.82, 2.24) is 9.80 Å². The largest absolute Gasteiger partial charge is 0.360 e. The topological polar surface area (TPSA) is 69.9 Å². The van der Waals surface area contributed by atoms with Crippen LogP contribution in [0.15, 0.2) is 24.3 Å². The standard InChI is InChI=1S/C16H24N4O3/c1-17-9-8-13(10-17)11-19(3)16(21)12-18(2)14-6-4-5-7-15(14)20(22)23/h4-7,13H,8-12H2,1-3H3/t13-/m1/s1. The summed E-state index contributed by atoms with van der Waals surface area (Å²) in [5.74, 6) is 0.477. The SMILES string of the molecule is CN1CC[C@@H](CN(C)C(=O)CN(C)c2ccccc2[N+](=O)[O-])C1. The zero-order chi connectivity index (χ0) is 17.0. The fourth-order valence-corrected chi connectivity index (χ4v) is 3.01. The molecule has 1 aromatic rings. The van der Waals surface area contributed by atoms with Gasteiger partial charge in [-0.05, 0) is 32.0 Å². The number of rotatable bonds is 6. The summed E-state index contributed by atoms with van der Waals surface area (Å²) in [6, 6.07) is 6.48. The Morgan fingerprint density at radius 2 is 2.09 bits per heavy atom. The van der Waals surface area contributed by atoms with Crippen molar-refractivity contribution in [1.29, 1.82) is 0 Å². The number of carbonyl (C=O) groups is 1. The molecule has 1 atom stereocenters. The van der Waals surface area contributed by atoms with E-state index in [2.05, 4.69) is 11.9 Å². The van der Waals surface area contributed by atoms with Crippen LogP contribution in [0.5, 0.6) is 0 Å². The lowest BCUT2D eigenvalue weighted by atomic mass is 10.1. The average molecular weight is 320 g/mol. The summed E-state index contributed by atoms with van der Waals surface area (Å²) >= 11 is 0. The molecule has 1 aromatic carbocycles. The van der Waals surface area contributed by atoms with Crippen molar-refractivity contribution in [3.05, 3.63) is 34.4 Å². The van der Waals surface area contributed by atoms with E-state index in [0.717, 1.165) is 26.1 Å². The second kappa shape index (κ2) is 7.41. The molecule has 1 fully saturated rings. The van der Waals surface area contributed by atoms with E-state index < -0.39 is 4.92 Å². The molecule has 0 bridgehead atoms. The van der Waals surface area contributed by atoms with Crippen LogP contribution >= 0.6 is 0 Å². The van der Waals surface area contributed by atoms with Crippen molar-refractivity contribution >= 4 is 17.3 Å². The molecule has 7 heteroatoms. The highest BCUT2D eigenvalue weighted by Crippen LogP contribution is 2.26. The molecule has 1 heterocycles. The van der Waals surface area contributed by atoms with E-state index in [1.54, 1.807) is 42.1 Å². The van der Waals surface area contributed by atoms with Gasteiger partial charge >= 0.3 is 0 Å². The zero-order valence-electron chi connectivity index (χ0n) is 13.9. The van der Waals surface area contributed by atoms with Crippen molar-refractivity contribution in [3.63, 3.8) is 0 Å². The van der Waals surface area contributed by atoms with Crippen LogP contribution in [0, 0.1) is 16.0 Å². The first-order valence-electron chi connectivity index (χ1n) is 7.75. The smallest absolute Gasteiger partial charge is 0.292 e. The van der Waals surface area contributed by atoms with E-state index in [1.807, 2.05) is 0 Å². The maximum Gasteiger partial charge on any atom is 0.292 e. The summed E-state index contributed by atoms with van der Waals surface area (Å²) in [6.07, 6.45) is 1.11. The summed E-state index contributed by atoms with van der Waals surface area (Å²) in [7, 11) is 5.59. The Morgan fingerprint density at radius 3 is 2.70 bits per heavy atom. The molecule has 23 heavy (non-hydrogen) atoms. The van der Waals surface area contributed by atoms with Gasteiger partial charge in [0.2, 0.25) is 5.91 Å². The maximum atomic E-state index is 12.4. The van der Waals surface area contributed by atoms with Crippen LogP contribution in [0.25, 0.3) is 0 Å². The third kappa shape index (κ3) is 4.41. The quantitative estimate of drug-likeness (QED) is 0.586. The molecule has 0 aromatic heterocycles. The second-order valence-electron chi connectivity index (χ2n) is 6.29. The third-order valence-electron chi connectivity index (χ3n) is 4.31. The van der Waals surface area contributed by atoms with Gasteiger partial charge in [0.25, 0.3) is 5.69 Å². The number of carbonyl (C=O) groups excluding carboxylic acids is 1. The molecule has 126 valence electrons. The van der Waals surface area contributed by atoms with E-state index >= 15 is 0 Å². The summed E-state index contributed by atoms with van der Waals surface area (Å²) in [5.41, 5.74) is 0.475. The molecule has 0 spiro atoms. The Bertz CT molecular complexity index is 578. The average Bonchev–Trinajstić information content (AvgIpc) is 2.92. The minimum Gasteiger partial charge on any atom is -0.360 e. The van der Waals surface area contributed by atoms with Crippen LogP contribution in [-0.4, -0.2) is 68.0 Å². The van der Waals surface area contributed by atoms with Crippen molar-refractivity contribution in [3.8, 4) is 0 Å². The first kappa shape index (κ1) is 17.2. The van der Waals surface area contributed by atoms with Gasteiger partial charge in [0, 0.05) is 33.3 Å². The Balaban J connectivity index is 1.95. The number of nitro benzene ring substituents is 1. The van der Waals surface area contributed by atoms with E-state index in [9.17, 15) is 14.9 Å². The van der Waals surface area contributed by atoms with Crippen LogP contribution in [0.3, 0.4) is 0 Å². The number of nitro groups is 1.